The molecule has 6 heteroatoms. The Bertz CT molecular complexity index is 1090. The van der Waals surface area contributed by atoms with Crippen molar-refractivity contribution in [3.63, 3.8) is 0 Å². The molecule has 1 aromatic heterocycles. The number of hydrogen-bond acceptors (Lipinski definition) is 6. The van der Waals surface area contributed by atoms with Crippen molar-refractivity contribution in [2.45, 2.75) is 38.0 Å². The van der Waals surface area contributed by atoms with Gasteiger partial charge in [0.1, 0.15) is 11.5 Å². The number of allylic oxidation sites excluding steroid dienone is 3. The molecule has 0 unspecified atom stereocenters. The second kappa shape index (κ2) is 7.20. The lowest BCUT2D eigenvalue weighted by Gasteiger charge is -2.36. The van der Waals surface area contributed by atoms with E-state index in [2.05, 4.69) is 11.4 Å². The molecule has 0 saturated carbocycles. The van der Waals surface area contributed by atoms with Gasteiger partial charge in [0, 0.05) is 41.6 Å². The highest BCUT2D eigenvalue weighted by Gasteiger charge is 2.42. The second-order valence-electron chi connectivity index (χ2n) is 7.99. The van der Waals surface area contributed by atoms with E-state index in [1.807, 2.05) is 31.2 Å². The van der Waals surface area contributed by atoms with Crippen LogP contribution >= 0.6 is 0 Å². The molecular weight excluding hydrogens is 382 g/mol. The van der Waals surface area contributed by atoms with Crippen LogP contribution in [0, 0.1) is 0 Å². The van der Waals surface area contributed by atoms with E-state index >= 15 is 0 Å². The summed E-state index contributed by atoms with van der Waals surface area (Å²) in [5.74, 6) is 0.818. The zero-order chi connectivity index (χ0) is 20.8. The maximum atomic E-state index is 13.4. The highest BCUT2D eigenvalue weighted by molar-refractivity contribution is 6.04. The van der Waals surface area contributed by atoms with Gasteiger partial charge in [-0.1, -0.05) is 12.1 Å². The fourth-order valence-corrected chi connectivity index (χ4v) is 4.86. The minimum absolute atomic E-state index is 0.0136. The molecule has 0 amide bonds. The normalized spacial score (nSPS) is 22.9. The van der Waals surface area contributed by atoms with Crippen molar-refractivity contribution in [3.8, 4) is 5.75 Å². The first kappa shape index (κ1) is 18.7. The Morgan fingerprint density at radius 1 is 1.23 bits per heavy atom. The average Bonchev–Trinajstić information content (AvgIpc) is 3.43. The number of ketones is 1. The van der Waals surface area contributed by atoms with Crippen LogP contribution in [0.3, 0.4) is 0 Å². The van der Waals surface area contributed by atoms with E-state index in [9.17, 15) is 9.59 Å². The topological polar surface area (TPSA) is 77.8 Å². The SMILES string of the molecule is COC(=O)C1=C(C)NC2=C(C(=O)C[C@H](c3ccco3)C2)[C@H]1c1ccc2c(c1)CCO2. The average molecular weight is 405 g/mol. The van der Waals surface area contributed by atoms with Crippen LogP contribution in [0.15, 0.2) is 63.6 Å². The number of carbonyl (C=O) groups excluding carboxylic acids is 2. The second-order valence-corrected chi connectivity index (χ2v) is 7.99. The minimum Gasteiger partial charge on any atom is -0.493 e. The quantitative estimate of drug-likeness (QED) is 0.784. The fourth-order valence-electron chi connectivity index (χ4n) is 4.86. The summed E-state index contributed by atoms with van der Waals surface area (Å²) >= 11 is 0. The highest BCUT2D eigenvalue weighted by Crippen LogP contribution is 2.46. The number of hydrogen-bond donors (Lipinski definition) is 1. The maximum Gasteiger partial charge on any atom is 0.336 e. The van der Waals surface area contributed by atoms with Gasteiger partial charge in [-0.15, -0.1) is 0 Å². The van der Waals surface area contributed by atoms with Crippen molar-refractivity contribution in [1.82, 2.24) is 5.32 Å². The van der Waals surface area contributed by atoms with Crippen LogP contribution in [-0.2, 0) is 20.7 Å². The molecule has 5 rings (SSSR count). The molecule has 1 N–H and O–H groups in total. The first-order chi connectivity index (χ1) is 14.6. The third kappa shape index (κ3) is 2.95. The van der Waals surface area contributed by atoms with Crippen molar-refractivity contribution in [2.24, 2.45) is 0 Å². The standard InChI is InChI=1S/C24H23NO5/c1-13-21(24(27)28-2)22(15-5-6-20-14(10-15)7-9-30-20)23-17(25-13)11-16(12-18(23)26)19-4-3-8-29-19/h3-6,8,10,16,22,25H,7,9,11-12H2,1-2H3/t16-,22+/m1/s1. The Morgan fingerprint density at radius 3 is 2.87 bits per heavy atom. The lowest BCUT2D eigenvalue weighted by molar-refractivity contribution is -0.136. The molecule has 3 aliphatic rings. The number of esters is 1. The summed E-state index contributed by atoms with van der Waals surface area (Å²) in [6, 6.07) is 9.70. The molecule has 154 valence electrons. The summed E-state index contributed by atoms with van der Waals surface area (Å²) < 4.78 is 16.3. The summed E-state index contributed by atoms with van der Waals surface area (Å²) in [5.41, 5.74) is 4.74. The molecule has 0 spiro atoms. The molecule has 2 atom stereocenters. The highest BCUT2D eigenvalue weighted by atomic mass is 16.5. The molecule has 1 aromatic carbocycles. The minimum atomic E-state index is -0.454. The van der Waals surface area contributed by atoms with Gasteiger partial charge in [-0.2, -0.15) is 0 Å². The number of furan rings is 1. The van der Waals surface area contributed by atoms with Gasteiger partial charge in [-0.3, -0.25) is 4.79 Å². The van der Waals surface area contributed by atoms with Gasteiger partial charge in [0.2, 0.25) is 0 Å². The number of Topliss-reactive ketones (excluding diaryl/α,β-unsaturated/α-hetero) is 1. The lowest BCUT2D eigenvalue weighted by Crippen LogP contribution is -2.36. The number of ether oxygens (including phenoxy) is 2. The van der Waals surface area contributed by atoms with E-state index in [0.29, 0.717) is 30.6 Å². The van der Waals surface area contributed by atoms with E-state index < -0.39 is 11.9 Å². The van der Waals surface area contributed by atoms with Gasteiger partial charge in [-0.25, -0.2) is 4.79 Å². The number of dihydropyridines is 1. The Hall–Kier alpha value is -3.28. The Balaban J connectivity index is 1.62. The maximum absolute atomic E-state index is 13.4. The van der Waals surface area contributed by atoms with Crippen LogP contribution in [0.4, 0.5) is 0 Å². The predicted molar refractivity (Wildman–Crippen MR) is 109 cm³/mol. The number of benzene rings is 1. The first-order valence-corrected chi connectivity index (χ1v) is 10.2. The van der Waals surface area contributed by atoms with Crippen LogP contribution in [0.1, 0.15) is 48.5 Å². The van der Waals surface area contributed by atoms with Crippen molar-refractivity contribution >= 4 is 11.8 Å². The van der Waals surface area contributed by atoms with E-state index in [1.165, 1.54) is 7.11 Å². The fraction of sp³-hybridized carbons (Fsp3) is 0.333. The first-order valence-electron chi connectivity index (χ1n) is 10.2. The summed E-state index contributed by atoms with van der Waals surface area (Å²) in [5, 5.41) is 3.33. The molecule has 0 saturated heterocycles. The predicted octanol–water partition coefficient (Wildman–Crippen LogP) is 3.75. The van der Waals surface area contributed by atoms with Crippen LogP contribution in [0.2, 0.25) is 0 Å². The number of carbonyl (C=O) groups is 2. The van der Waals surface area contributed by atoms with Gasteiger partial charge in [0.25, 0.3) is 0 Å². The van der Waals surface area contributed by atoms with Crippen molar-refractivity contribution in [1.29, 1.82) is 0 Å². The number of fused-ring (bicyclic) bond motifs is 1. The number of rotatable bonds is 3. The van der Waals surface area contributed by atoms with Crippen molar-refractivity contribution in [2.75, 3.05) is 13.7 Å². The zero-order valence-electron chi connectivity index (χ0n) is 17.0. The molecule has 30 heavy (non-hydrogen) atoms. The molecule has 6 nitrogen and oxygen atoms in total. The molecule has 0 bridgehead atoms. The molecule has 2 aliphatic heterocycles. The van der Waals surface area contributed by atoms with Gasteiger partial charge in [-0.05, 0) is 42.7 Å². The van der Waals surface area contributed by atoms with Crippen LogP contribution in [-0.4, -0.2) is 25.5 Å². The summed E-state index contributed by atoms with van der Waals surface area (Å²) in [6.45, 7) is 2.52. The monoisotopic (exact) mass is 405 g/mol. The smallest absolute Gasteiger partial charge is 0.336 e. The molecule has 2 aromatic rings. The lowest BCUT2D eigenvalue weighted by atomic mass is 9.72. The number of nitrogens with one attached hydrogen (secondary N) is 1. The summed E-state index contributed by atoms with van der Waals surface area (Å²) in [7, 11) is 1.37. The third-order valence-corrected chi connectivity index (χ3v) is 6.23. The van der Waals surface area contributed by atoms with Crippen molar-refractivity contribution < 1.29 is 23.5 Å². The Labute approximate surface area is 174 Å². The van der Waals surface area contributed by atoms with E-state index in [0.717, 1.165) is 40.5 Å². The van der Waals surface area contributed by atoms with Crippen LogP contribution < -0.4 is 10.1 Å². The molecule has 0 fully saturated rings. The van der Waals surface area contributed by atoms with Gasteiger partial charge >= 0.3 is 5.97 Å². The van der Waals surface area contributed by atoms with E-state index in [4.69, 9.17) is 13.9 Å². The van der Waals surface area contributed by atoms with E-state index in [-0.39, 0.29) is 11.7 Å². The molecule has 1 aliphatic carbocycles. The Kier molecular flexibility index (Phi) is 4.50. The van der Waals surface area contributed by atoms with Gasteiger partial charge in [0.05, 0.1) is 25.6 Å². The Morgan fingerprint density at radius 2 is 2.10 bits per heavy atom. The van der Waals surface area contributed by atoms with Crippen LogP contribution in [0.25, 0.3) is 0 Å². The molecular formula is C24H23NO5. The largest absolute Gasteiger partial charge is 0.493 e. The van der Waals surface area contributed by atoms with Crippen molar-refractivity contribution in [3.05, 3.63) is 76.0 Å². The molecule has 0 radical (unpaired) electrons. The van der Waals surface area contributed by atoms with Gasteiger partial charge in [0.15, 0.2) is 5.78 Å². The van der Waals surface area contributed by atoms with E-state index in [1.54, 1.807) is 6.26 Å². The zero-order valence-corrected chi connectivity index (χ0v) is 17.0. The summed E-state index contributed by atoms with van der Waals surface area (Å²) in [4.78, 5) is 26.1. The summed E-state index contributed by atoms with van der Waals surface area (Å²) in [6.07, 6.45) is 3.47. The van der Waals surface area contributed by atoms with Crippen LogP contribution in [0.5, 0.6) is 5.75 Å². The molecule has 3 heterocycles. The third-order valence-electron chi connectivity index (χ3n) is 6.23. The number of methoxy groups -OCH3 is 1. The van der Waals surface area contributed by atoms with Gasteiger partial charge < -0.3 is 19.2 Å².